The van der Waals surface area contributed by atoms with Gasteiger partial charge in [-0.15, -0.1) is 11.3 Å². The number of nitrogens with zero attached hydrogens (tertiary/aromatic N) is 1. The summed E-state index contributed by atoms with van der Waals surface area (Å²) in [5.41, 5.74) is 1.42. The van der Waals surface area contributed by atoms with Gasteiger partial charge in [-0.25, -0.2) is 4.98 Å². The zero-order valence-electron chi connectivity index (χ0n) is 15.4. The van der Waals surface area contributed by atoms with Crippen LogP contribution in [0.15, 0.2) is 29.1 Å². The molecule has 2 aromatic heterocycles. The Balaban J connectivity index is 1.31. The van der Waals surface area contributed by atoms with Crippen LogP contribution in [0.25, 0.3) is 10.2 Å². The number of benzene rings is 1. The fourth-order valence-electron chi connectivity index (χ4n) is 3.35. The summed E-state index contributed by atoms with van der Waals surface area (Å²) in [5.74, 6) is -0.580. The Labute approximate surface area is 175 Å². The predicted molar refractivity (Wildman–Crippen MR) is 112 cm³/mol. The Hall–Kier alpha value is -2.71. The molecule has 2 N–H and O–H groups in total. The lowest BCUT2D eigenvalue weighted by atomic mass is 10.2. The van der Waals surface area contributed by atoms with Gasteiger partial charge in [0.1, 0.15) is 10.7 Å². The number of aromatic nitrogens is 2. The number of carbonyl (C=O) groups excluding carboxylic acids is 2. The number of rotatable bonds is 6. The largest absolute Gasteiger partial charge is 0.456 e. The van der Waals surface area contributed by atoms with Crippen LogP contribution in [-0.2, 0) is 33.6 Å². The van der Waals surface area contributed by atoms with Crippen LogP contribution in [0.5, 0.6) is 0 Å². The van der Waals surface area contributed by atoms with Gasteiger partial charge in [0.2, 0.25) is 0 Å². The molecule has 0 saturated heterocycles. The van der Waals surface area contributed by atoms with E-state index in [0.29, 0.717) is 21.9 Å². The quantitative estimate of drug-likeness (QED) is 0.583. The molecular formula is C20H18ClN3O4S. The Morgan fingerprint density at radius 3 is 2.93 bits per heavy atom. The molecule has 0 unspecified atom stereocenters. The molecule has 0 radical (unpaired) electrons. The first-order chi connectivity index (χ1) is 14.0. The second-order valence-electron chi connectivity index (χ2n) is 6.74. The minimum absolute atomic E-state index is 0.0128. The van der Waals surface area contributed by atoms with Crippen molar-refractivity contribution in [3.05, 3.63) is 55.9 Å². The van der Waals surface area contributed by atoms with Crippen molar-refractivity contribution in [3.63, 3.8) is 0 Å². The maximum Gasteiger partial charge on any atom is 0.306 e. The van der Waals surface area contributed by atoms with Crippen molar-refractivity contribution >= 4 is 50.7 Å². The van der Waals surface area contributed by atoms with Crippen LogP contribution in [0.1, 0.15) is 29.1 Å². The van der Waals surface area contributed by atoms with E-state index in [-0.39, 0.29) is 18.4 Å². The molecule has 3 aromatic rings. The number of anilines is 1. The summed E-state index contributed by atoms with van der Waals surface area (Å²) in [4.78, 5) is 45.5. The first kappa shape index (κ1) is 19.6. The summed E-state index contributed by atoms with van der Waals surface area (Å²) in [6, 6.07) is 6.79. The number of amides is 1. The lowest BCUT2D eigenvalue weighted by molar-refractivity contribution is -0.147. The van der Waals surface area contributed by atoms with Gasteiger partial charge in [-0.1, -0.05) is 23.7 Å². The van der Waals surface area contributed by atoms with Gasteiger partial charge in [0, 0.05) is 11.3 Å². The van der Waals surface area contributed by atoms with Crippen LogP contribution in [0, 0.1) is 0 Å². The highest BCUT2D eigenvalue weighted by atomic mass is 35.5. The molecule has 2 heterocycles. The van der Waals surface area contributed by atoms with Crippen LogP contribution in [0.3, 0.4) is 0 Å². The predicted octanol–water partition coefficient (Wildman–Crippen LogP) is 3.24. The molecule has 0 bridgehead atoms. The van der Waals surface area contributed by atoms with E-state index in [2.05, 4.69) is 15.3 Å². The molecular weight excluding hydrogens is 414 g/mol. The number of carbonyl (C=O) groups is 2. The topological polar surface area (TPSA) is 101 Å². The monoisotopic (exact) mass is 431 g/mol. The number of esters is 1. The molecule has 0 spiro atoms. The SMILES string of the molecule is O=C(COC(=O)CCc1nc2sc3c(c2c(=O)[nH]1)CCC3)Nc1ccccc1Cl. The van der Waals surface area contributed by atoms with E-state index < -0.39 is 18.5 Å². The highest BCUT2D eigenvalue weighted by molar-refractivity contribution is 7.18. The maximum absolute atomic E-state index is 12.4. The van der Waals surface area contributed by atoms with Gasteiger partial charge < -0.3 is 15.0 Å². The molecule has 0 saturated carbocycles. The number of hydrogen-bond acceptors (Lipinski definition) is 6. The summed E-state index contributed by atoms with van der Waals surface area (Å²) < 4.78 is 4.99. The summed E-state index contributed by atoms with van der Waals surface area (Å²) in [6.07, 6.45) is 3.24. The first-order valence-corrected chi connectivity index (χ1v) is 10.4. The average Bonchev–Trinajstić information content (AvgIpc) is 3.27. The van der Waals surface area contributed by atoms with Crippen LogP contribution < -0.4 is 10.9 Å². The van der Waals surface area contributed by atoms with Crippen molar-refractivity contribution < 1.29 is 14.3 Å². The zero-order valence-corrected chi connectivity index (χ0v) is 17.0. The van der Waals surface area contributed by atoms with Crippen molar-refractivity contribution in [1.82, 2.24) is 9.97 Å². The number of aryl methyl sites for hydroxylation is 3. The minimum atomic E-state index is -0.546. The van der Waals surface area contributed by atoms with Gasteiger partial charge in [-0.05, 0) is 37.0 Å². The number of aromatic amines is 1. The molecule has 9 heteroatoms. The number of H-pyrrole nitrogens is 1. The smallest absolute Gasteiger partial charge is 0.306 e. The Kier molecular flexibility index (Phi) is 5.64. The number of para-hydroxylation sites is 1. The van der Waals surface area contributed by atoms with Gasteiger partial charge in [0.25, 0.3) is 11.5 Å². The summed E-state index contributed by atoms with van der Waals surface area (Å²) >= 11 is 7.52. The Bertz CT molecular complexity index is 1150. The number of fused-ring (bicyclic) bond motifs is 3. The zero-order chi connectivity index (χ0) is 20.4. The van der Waals surface area contributed by atoms with Gasteiger partial charge in [0.05, 0.1) is 22.5 Å². The van der Waals surface area contributed by atoms with Gasteiger partial charge in [0.15, 0.2) is 6.61 Å². The lowest BCUT2D eigenvalue weighted by Gasteiger charge is -2.08. The number of hydrogen-bond donors (Lipinski definition) is 2. The van der Waals surface area contributed by atoms with Crippen LogP contribution in [-0.4, -0.2) is 28.5 Å². The van der Waals surface area contributed by atoms with Gasteiger partial charge in [-0.3, -0.25) is 14.4 Å². The van der Waals surface area contributed by atoms with E-state index in [1.54, 1.807) is 35.6 Å². The highest BCUT2D eigenvalue weighted by Gasteiger charge is 2.21. The molecule has 7 nitrogen and oxygen atoms in total. The number of thiophene rings is 1. The Morgan fingerprint density at radius 2 is 2.10 bits per heavy atom. The van der Waals surface area contributed by atoms with Crippen molar-refractivity contribution in [2.24, 2.45) is 0 Å². The molecule has 4 rings (SSSR count). The number of nitrogens with one attached hydrogen (secondary N) is 2. The maximum atomic E-state index is 12.4. The highest BCUT2D eigenvalue weighted by Crippen LogP contribution is 2.34. The van der Waals surface area contributed by atoms with Crippen molar-refractivity contribution in [2.45, 2.75) is 32.1 Å². The van der Waals surface area contributed by atoms with Crippen molar-refractivity contribution in [2.75, 3.05) is 11.9 Å². The molecule has 0 fully saturated rings. The summed E-state index contributed by atoms with van der Waals surface area (Å²) in [5, 5.41) is 3.66. The van der Waals surface area contributed by atoms with Crippen LogP contribution in [0.4, 0.5) is 5.69 Å². The molecule has 1 aromatic carbocycles. The lowest BCUT2D eigenvalue weighted by Crippen LogP contribution is -2.21. The Morgan fingerprint density at radius 1 is 1.28 bits per heavy atom. The third kappa shape index (κ3) is 4.33. The molecule has 1 aliphatic carbocycles. The molecule has 1 aliphatic rings. The summed E-state index contributed by atoms with van der Waals surface area (Å²) in [6.45, 7) is -0.412. The molecule has 150 valence electrons. The van der Waals surface area contributed by atoms with E-state index in [0.717, 1.165) is 29.7 Å². The molecule has 1 amide bonds. The van der Waals surface area contributed by atoms with Crippen LogP contribution >= 0.6 is 22.9 Å². The fraction of sp³-hybridized carbons (Fsp3) is 0.300. The summed E-state index contributed by atoms with van der Waals surface area (Å²) in [7, 11) is 0. The second-order valence-corrected chi connectivity index (χ2v) is 8.23. The van der Waals surface area contributed by atoms with E-state index in [1.165, 1.54) is 4.88 Å². The van der Waals surface area contributed by atoms with Gasteiger partial charge in [-0.2, -0.15) is 0 Å². The fourth-order valence-corrected chi connectivity index (χ4v) is 4.82. The van der Waals surface area contributed by atoms with Crippen molar-refractivity contribution in [3.8, 4) is 0 Å². The van der Waals surface area contributed by atoms with Crippen LogP contribution in [0.2, 0.25) is 5.02 Å². The number of halogens is 1. The molecule has 0 atom stereocenters. The van der Waals surface area contributed by atoms with Crippen molar-refractivity contribution in [1.29, 1.82) is 0 Å². The second kappa shape index (κ2) is 8.34. The van der Waals surface area contributed by atoms with Gasteiger partial charge >= 0.3 is 5.97 Å². The normalized spacial score (nSPS) is 12.7. The molecule has 0 aliphatic heterocycles. The minimum Gasteiger partial charge on any atom is -0.456 e. The first-order valence-electron chi connectivity index (χ1n) is 9.24. The van der Waals surface area contributed by atoms with E-state index >= 15 is 0 Å². The molecule has 29 heavy (non-hydrogen) atoms. The standard InChI is InChI=1S/C20H18ClN3O4S/c21-12-5-1-2-6-13(12)22-16(25)10-28-17(26)9-8-15-23-19(27)18-11-4-3-7-14(11)29-20(18)24-15/h1-2,5-6H,3-4,7-10H2,(H,22,25)(H,23,24,27). The average molecular weight is 432 g/mol. The van der Waals surface area contributed by atoms with E-state index in [1.807, 2.05) is 0 Å². The third-order valence-electron chi connectivity index (χ3n) is 4.70. The van der Waals surface area contributed by atoms with E-state index in [9.17, 15) is 14.4 Å². The van der Waals surface area contributed by atoms with E-state index in [4.69, 9.17) is 16.3 Å². The number of ether oxygens (including phenoxy) is 1. The third-order valence-corrected chi connectivity index (χ3v) is 6.22.